The van der Waals surface area contributed by atoms with Crippen molar-refractivity contribution in [3.8, 4) is 11.4 Å². The van der Waals surface area contributed by atoms with Gasteiger partial charge in [0, 0.05) is 31.3 Å². The van der Waals surface area contributed by atoms with Crippen molar-refractivity contribution in [1.82, 2.24) is 9.97 Å². The third-order valence-corrected chi connectivity index (χ3v) is 4.03. The molecule has 5 nitrogen and oxygen atoms in total. The van der Waals surface area contributed by atoms with Crippen LogP contribution in [-0.2, 0) is 4.74 Å². The summed E-state index contributed by atoms with van der Waals surface area (Å²) in [5.74, 6) is 2.25. The smallest absolute Gasteiger partial charge is 0.163 e. The zero-order chi connectivity index (χ0) is 18.2. The average Bonchev–Trinajstić information content (AvgIpc) is 2.69. The predicted molar refractivity (Wildman–Crippen MR) is 106 cm³/mol. The molecule has 2 aromatic carbocycles. The Morgan fingerprint density at radius 3 is 2.27 bits per heavy atom. The number of anilines is 2. The van der Waals surface area contributed by atoms with Gasteiger partial charge < -0.3 is 15.4 Å². The summed E-state index contributed by atoms with van der Waals surface area (Å²) in [4.78, 5) is 9.34. The Morgan fingerprint density at radius 2 is 1.58 bits per heavy atom. The molecule has 5 heteroatoms. The highest BCUT2D eigenvalue weighted by atomic mass is 16.5. The minimum atomic E-state index is 0.140. The van der Waals surface area contributed by atoms with Gasteiger partial charge in [-0.25, -0.2) is 9.97 Å². The van der Waals surface area contributed by atoms with Crippen molar-refractivity contribution in [2.75, 3.05) is 30.9 Å². The van der Waals surface area contributed by atoms with E-state index in [-0.39, 0.29) is 6.04 Å². The number of nitrogens with one attached hydrogen (secondary N) is 2. The summed E-state index contributed by atoms with van der Waals surface area (Å²) in [7, 11) is 1.69. The van der Waals surface area contributed by atoms with Crippen LogP contribution in [0.25, 0.3) is 11.4 Å². The van der Waals surface area contributed by atoms with Gasteiger partial charge >= 0.3 is 0 Å². The first-order valence-corrected chi connectivity index (χ1v) is 8.75. The van der Waals surface area contributed by atoms with Gasteiger partial charge in [-0.1, -0.05) is 60.7 Å². The Balaban J connectivity index is 1.86. The van der Waals surface area contributed by atoms with E-state index in [4.69, 9.17) is 9.72 Å². The van der Waals surface area contributed by atoms with Crippen LogP contribution >= 0.6 is 0 Å². The van der Waals surface area contributed by atoms with Crippen molar-refractivity contribution in [2.45, 2.75) is 13.0 Å². The zero-order valence-electron chi connectivity index (χ0n) is 15.1. The maximum absolute atomic E-state index is 5.11. The molecule has 134 valence electrons. The molecule has 2 N–H and O–H groups in total. The topological polar surface area (TPSA) is 59.1 Å². The highest BCUT2D eigenvalue weighted by Crippen LogP contribution is 2.23. The van der Waals surface area contributed by atoms with Crippen LogP contribution in [0.4, 0.5) is 11.6 Å². The molecule has 26 heavy (non-hydrogen) atoms. The lowest BCUT2D eigenvalue weighted by atomic mass is 10.1. The number of ether oxygens (including phenoxy) is 1. The molecule has 0 aliphatic rings. The standard InChI is InChI=1S/C21H24N4O/c1-16(17-9-5-3-6-10-17)23-20-15-19(22-13-14-26-2)24-21(25-20)18-11-7-4-8-12-18/h3-12,15-16H,13-14H2,1-2H3,(H2,22,23,24,25). The van der Waals surface area contributed by atoms with Gasteiger partial charge in [-0.15, -0.1) is 0 Å². The summed E-state index contributed by atoms with van der Waals surface area (Å²) in [5.41, 5.74) is 2.19. The monoisotopic (exact) mass is 348 g/mol. The SMILES string of the molecule is COCCNc1cc(NC(C)c2ccccc2)nc(-c2ccccc2)n1. The molecular formula is C21H24N4O. The Kier molecular flexibility index (Phi) is 6.17. The van der Waals surface area contributed by atoms with E-state index < -0.39 is 0 Å². The lowest BCUT2D eigenvalue weighted by Gasteiger charge is -2.17. The lowest BCUT2D eigenvalue weighted by Crippen LogP contribution is -2.12. The molecular weight excluding hydrogens is 324 g/mol. The van der Waals surface area contributed by atoms with Crippen LogP contribution in [0, 0.1) is 0 Å². The molecule has 1 aromatic heterocycles. The minimum Gasteiger partial charge on any atom is -0.383 e. The largest absolute Gasteiger partial charge is 0.383 e. The van der Waals surface area contributed by atoms with Crippen molar-refractivity contribution >= 4 is 11.6 Å². The molecule has 0 saturated heterocycles. The molecule has 0 amide bonds. The third kappa shape index (κ3) is 4.80. The number of hydrogen-bond donors (Lipinski definition) is 2. The summed E-state index contributed by atoms with van der Waals surface area (Å²) < 4.78 is 5.11. The second-order valence-corrected chi connectivity index (χ2v) is 6.02. The van der Waals surface area contributed by atoms with Gasteiger partial charge in [-0.3, -0.25) is 0 Å². The molecule has 0 fully saturated rings. The average molecular weight is 348 g/mol. The van der Waals surface area contributed by atoms with E-state index in [1.165, 1.54) is 5.56 Å². The highest BCUT2D eigenvalue weighted by molar-refractivity contribution is 5.61. The van der Waals surface area contributed by atoms with Crippen LogP contribution in [0.1, 0.15) is 18.5 Å². The van der Waals surface area contributed by atoms with Crippen LogP contribution < -0.4 is 10.6 Å². The number of aromatic nitrogens is 2. The number of hydrogen-bond acceptors (Lipinski definition) is 5. The van der Waals surface area contributed by atoms with Crippen LogP contribution in [0.15, 0.2) is 66.7 Å². The van der Waals surface area contributed by atoms with Gasteiger partial charge in [0.25, 0.3) is 0 Å². The summed E-state index contributed by atoms with van der Waals surface area (Å²) in [6.45, 7) is 3.43. The molecule has 3 rings (SSSR count). The van der Waals surface area contributed by atoms with E-state index in [9.17, 15) is 0 Å². The lowest BCUT2D eigenvalue weighted by molar-refractivity contribution is 0.210. The Hall–Kier alpha value is -2.92. The molecule has 0 radical (unpaired) electrons. The molecule has 1 unspecified atom stereocenters. The second-order valence-electron chi connectivity index (χ2n) is 6.02. The zero-order valence-corrected chi connectivity index (χ0v) is 15.1. The van der Waals surface area contributed by atoms with Gasteiger partial charge in [-0.05, 0) is 12.5 Å². The van der Waals surface area contributed by atoms with Crippen LogP contribution in [0.5, 0.6) is 0 Å². The van der Waals surface area contributed by atoms with Crippen LogP contribution in [-0.4, -0.2) is 30.2 Å². The second kappa shape index (κ2) is 8.97. The molecule has 1 atom stereocenters. The number of methoxy groups -OCH3 is 1. The molecule has 1 heterocycles. The van der Waals surface area contributed by atoms with Gasteiger partial charge in [0.05, 0.1) is 6.61 Å². The normalized spacial score (nSPS) is 11.8. The number of rotatable bonds is 8. The summed E-state index contributed by atoms with van der Waals surface area (Å²) in [6.07, 6.45) is 0. The molecule has 0 aliphatic carbocycles. The van der Waals surface area contributed by atoms with Gasteiger partial charge in [0.2, 0.25) is 0 Å². The van der Waals surface area contributed by atoms with Crippen molar-refractivity contribution in [3.63, 3.8) is 0 Å². The molecule has 0 bridgehead atoms. The van der Waals surface area contributed by atoms with E-state index in [0.29, 0.717) is 19.0 Å². The quantitative estimate of drug-likeness (QED) is 0.592. The van der Waals surface area contributed by atoms with Crippen molar-refractivity contribution in [1.29, 1.82) is 0 Å². The van der Waals surface area contributed by atoms with E-state index in [2.05, 4.69) is 34.7 Å². The molecule has 0 spiro atoms. The first kappa shape index (κ1) is 17.9. The number of benzene rings is 2. The predicted octanol–water partition coefficient (Wildman–Crippen LogP) is 4.38. The van der Waals surface area contributed by atoms with Crippen LogP contribution in [0.3, 0.4) is 0 Å². The van der Waals surface area contributed by atoms with E-state index in [0.717, 1.165) is 17.2 Å². The van der Waals surface area contributed by atoms with Crippen molar-refractivity contribution in [3.05, 3.63) is 72.3 Å². The summed E-state index contributed by atoms with van der Waals surface area (Å²) >= 11 is 0. The molecule has 0 aliphatic heterocycles. The van der Waals surface area contributed by atoms with Crippen molar-refractivity contribution < 1.29 is 4.74 Å². The van der Waals surface area contributed by atoms with Crippen LogP contribution in [0.2, 0.25) is 0 Å². The fourth-order valence-corrected chi connectivity index (χ4v) is 2.66. The molecule has 3 aromatic rings. The van der Waals surface area contributed by atoms with Gasteiger partial charge in [0.15, 0.2) is 5.82 Å². The number of nitrogens with zero attached hydrogens (tertiary/aromatic N) is 2. The maximum atomic E-state index is 5.11. The fraction of sp³-hybridized carbons (Fsp3) is 0.238. The van der Waals surface area contributed by atoms with Gasteiger partial charge in [0.1, 0.15) is 11.6 Å². The fourth-order valence-electron chi connectivity index (χ4n) is 2.66. The summed E-state index contributed by atoms with van der Waals surface area (Å²) in [5, 5.41) is 6.77. The third-order valence-electron chi connectivity index (χ3n) is 4.03. The minimum absolute atomic E-state index is 0.140. The molecule has 0 saturated carbocycles. The van der Waals surface area contributed by atoms with Gasteiger partial charge in [-0.2, -0.15) is 0 Å². The highest BCUT2D eigenvalue weighted by Gasteiger charge is 2.10. The van der Waals surface area contributed by atoms with E-state index >= 15 is 0 Å². The first-order valence-electron chi connectivity index (χ1n) is 8.75. The summed E-state index contributed by atoms with van der Waals surface area (Å²) in [6, 6.07) is 22.4. The Bertz CT molecular complexity index is 809. The van der Waals surface area contributed by atoms with E-state index in [1.807, 2.05) is 54.6 Å². The van der Waals surface area contributed by atoms with E-state index in [1.54, 1.807) is 7.11 Å². The first-order chi connectivity index (χ1) is 12.8. The maximum Gasteiger partial charge on any atom is 0.163 e. The Labute approximate surface area is 154 Å². The van der Waals surface area contributed by atoms with Crippen molar-refractivity contribution in [2.24, 2.45) is 0 Å². The Morgan fingerprint density at radius 1 is 0.923 bits per heavy atom.